The normalized spacial score (nSPS) is 16.1. The lowest BCUT2D eigenvalue weighted by atomic mass is 10.1. The van der Waals surface area contributed by atoms with E-state index in [-0.39, 0.29) is 12.1 Å². The quantitative estimate of drug-likeness (QED) is 0.636. The minimum absolute atomic E-state index is 0.0496. The van der Waals surface area contributed by atoms with E-state index < -0.39 is 5.97 Å². The van der Waals surface area contributed by atoms with Gasteiger partial charge in [-0.3, -0.25) is 4.79 Å². The highest BCUT2D eigenvalue weighted by molar-refractivity contribution is 5.99. The Kier molecular flexibility index (Phi) is 4.21. The van der Waals surface area contributed by atoms with Crippen LogP contribution in [0.2, 0.25) is 0 Å². The highest BCUT2D eigenvalue weighted by Gasteiger charge is 2.28. The van der Waals surface area contributed by atoms with Crippen LogP contribution in [0.15, 0.2) is 12.1 Å². The molecule has 0 spiro atoms. The van der Waals surface area contributed by atoms with Crippen molar-refractivity contribution in [1.29, 1.82) is 0 Å². The number of rotatable bonds is 4. The van der Waals surface area contributed by atoms with Crippen LogP contribution >= 0.6 is 0 Å². The summed E-state index contributed by atoms with van der Waals surface area (Å²) in [6.07, 6.45) is 0.850. The Balaban J connectivity index is 2.19. The summed E-state index contributed by atoms with van der Waals surface area (Å²) in [6.45, 7) is 0. The average Bonchev–Trinajstić information content (AvgIpc) is 2.79. The number of nitrogen functional groups attached to an aromatic ring is 1. The van der Waals surface area contributed by atoms with Crippen LogP contribution in [0.3, 0.4) is 0 Å². The van der Waals surface area contributed by atoms with Gasteiger partial charge in [0.1, 0.15) is 0 Å². The van der Waals surface area contributed by atoms with Crippen LogP contribution in [0.5, 0.6) is 0 Å². The van der Waals surface area contributed by atoms with Crippen LogP contribution in [0, 0.1) is 0 Å². The van der Waals surface area contributed by atoms with Crippen LogP contribution in [0.1, 0.15) is 23.2 Å². The molecule has 1 aromatic carbocycles. The first-order valence-electron chi connectivity index (χ1n) is 6.56. The Morgan fingerprint density at radius 3 is 2.67 bits per heavy atom. The lowest BCUT2D eigenvalue weighted by Gasteiger charge is -2.21. The van der Waals surface area contributed by atoms with Gasteiger partial charge in [-0.1, -0.05) is 0 Å². The summed E-state index contributed by atoms with van der Waals surface area (Å²) in [5.74, 6) is -0.728. The topological polar surface area (TPSA) is 93.9 Å². The van der Waals surface area contributed by atoms with Crippen molar-refractivity contribution < 1.29 is 19.1 Å². The number of nitrogens with zero attached hydrogens (tertiary/aromatic N) is 1. The third kappa shape index (κ3) is 2.86. The zero-order chi connectivity index (χ0) is 15.6. The van der Waals surface area contributed by atoms with Crippen molar-refractivity contribution in [3.8, 4) is 0 Å². The van der Waals surface area contributed by atoms with Gasteiger partial charge >= 0.3 is 11.9 Å². The number of carbonyl (C=O) groups excluding carboxylic acids is 2. The summed E-state index contributed by atoms with van der Waals surface area (Å²) in [5, 5.41) is 3.27. The molecule has 21 heavy (non-hydrogen) atoms. The molecule has 0 fully saturated rings. The minimum Gasteiger partial charge on any atom is -0.469 e. The van der Waals surface area contributed by atoms with Crippen molar-refractivity contribution in [2.45, 2.75) is 19.0 Å². The standard InChI is InChI=1S/C14H19N3O4/c1-17-11-7-9(15)8(14(19)21-3)6-10(11)16-12(17)4-5-13(18)20-2/h6-7,12,16H,4-5,15H2,1-3H3. The van der Waals surface area contributed by atoms with Crippen molar-refractivity contribution in [2.75, 3.05) is 37.2 Å². The number of ether oxygens (including phenoxy) is 2. The maximum atomic E-state index is 11.6. The first-order valence-corrected chi connectivity index (χ1v) is 6.56. The zero-order valence-electron chi connectivity index (χ0n) is 12.3. The number of fused-ring (bicyclic) bond motifs is 1. The zero-order valence-corrected chi connectivity index (χ0v) is 12.3. The number of hydrogen-bond donors (Lipinski definition) is 2. The molecule has 0 aromatic heterocycles. The second kappa shape index (κ2) is 5.90. The van der Waals surface area contributed by atoms with E-state index >= 15 is 0 Å². The number of carbonyl (C=O) groups is 2. The molecule has 1 aromatic rings. The number of nitrogens with one attached hydrogen (secondary N) is 1. The van der Waals surface area contributed by atoms with E-state index in [1.165, 1.54) is 14.2 Å². The van der Waals surface area contributed by atoms with Crippen LogP contribution in [0.25, 0.3) is 0 Å². The van der Waals surface area contributed by atoms with Crippen LogP contribution in [-0.4, -0.2) is 39.4 Å². The molecule has 1 unspecified atom stereocenters. The average molecular weight is 293 g/mol. The lowest BCUT2D eigenvalue weighted by molar-refractivity contribution is -0.140. The summed E-state index contributed by atoms with van der Waals surface area (Å²) in [7, 11) is 4.58. The van der Waals surface area contributed by atoms with E-state index in [4.69, 9.17) is 10.5 Å². The van der Waals surface area contributed by atoms with Gasteiger partial charge in [0.15, 0.2) is 0 Å². The highest BCUT2D eigenvalue weighted by atomic mass is 16.5. The van der Waals surface area contributed by atoms with Gasteiger partial charge in [0.2, 0.25) is 0 Å². The second-order valence-corrected chi connectivity index (χ2v) is 4.83. The molecule has 2 rings (SSSR count). The summed E-state index contributed by atoms with van der Waals surface area (Å²) < 4.78 is 9.34. The molecule has 3 N–H and O–H groups in total. The second-order valence-electron chi connectivity index (χ2n) is 4.83. The van der Waals surface area contributed by atoms with Crippen molar-refractivity contribution >= 4 is 29.0 Å². The minimum atomic E-state index is -0.474. The first kappa shape index (κ1) is 15.0. The van der Waals surface area contributed by atoms with E-state index in [2.05, 4.69) is 10.1 Å². The van der Waals surface area contributed by atoms with Crippen LogP contribution < -0.4 is 16.0 Å². The summed E-state index contributed by atoms with van der Waals surface area (Å²) in [5.41, 5.74) is 8.26. The molecule has 114 valence electrons. The Morgan fingerprint density at radius 1 is 1.33 bits per heavy atom. The molecular weight excluding hydrogens is 274 g/mol. The number of methoxy groups -OCH3 is 2. The van der Waals surface area contributed by atoms with Gasteiger partial charge in [0.05, 0.1) is 37.3 Å². The Morgan fingerprint density at radius 2 is 2.05 bits per heavy atom. The number of nitrogens with two attached hydrogens (primary N) is 1. The molecule has 0 saturated carbocycles. The number of anilines is 3. The predicted molar refractivity (Wildman–Crippen MR) is 79.3 cm³/mol. The Hall–Kier alpha value is -2.44. The van der Waals surface area contributed by atoms with Gasteiger partial charge in [0, 0.05) is 19.2 Å². The van der Waals surface area contributed by atoms with E-state index in [9.17, 15) is 9.59 Å². The van der Waals surface area contributed by atoms with Crippen molar-refractivity contribution in [1.82, 2.24) is 0 Å². The summed E-state index contributed by atoms with van der Waals surface area (Å²) in [6, 6.07) is 3.40. The lowest BCUT2D eigenvalue weighted by Crippen LogP contribution is -2.32. The number of benzene rings is 1. The van der Waals surface area contributed by atoms with Gasteiger partial charge in [-0.05, 0) is 18.6 Å². The summed E-state index contributed by atoms with van der Waals surface area (Å²) in [4.78, 5) is 24.9. The highest BCUT2D eigenvalue weighted by Crippen LogP contribution is 2.38. The fraction of sp³-hybridized carbons (Fsp3) is 0.429. The number of hydrogen-bond acceptors (Lipinski definition) is 7. The van der Waals surface area contributed by atoms with Gasteiger partial charge in [-0.2, -0.15) is 0 Å². The van der Waals surface area contributed by atoms with E-state index in [0.29, 0.717) is 24.1 Å². The van der Waals surface area contributed by atoms with E-state index in [1.54, 1.807) is 12.1 Å². The molecule has 0 bridgehead atoms. The molecule has 1 aliphatic rings. The molecule has 1 aliphatic heterocycles. The van der Waals surface area contributed by atoms with Gasteiger partial charge in [0.25, 0.3) is 0 Å². The van der Waals surface area contributed by atoms with Crippen LogP contribution in [0.4, 0.5) is 17.1 Å². The molecule has 0 aliphatic carbocycles. The van der Waals surface area contributed by atoms with Gasteiger partial charge in [-0.25, -0.2) is 4.79 Å². The first-order chi connectivity index (χ1) is 9.97. The maximum absolute atomic E-state index is 11.6. The van der Waals surface area contributed by atoms with Crippen LogP contribution in [-0.2, 0) is 14.3 Å². The monoisotopic (exact) mass is 293 g/mol. The molecule has 7 nitrogen and oxygen atoms in total. The molecule has 0 saturated heterocycles. The molecule has 0 amide bonds. The predicted octanol–water partition coefficient (Wildman–Crippen LogP) is 1.20. The number of esters is 2. The Labute approximate surface area is 123 Å². The molecule has 1 atom stereocenters. The van der Waals surface area contributed by atoms with E-state index in [1.807, 2.05) is 11.9 Å². The smallest absolute Gasteiger partial charge is 0.340 e. The van der Waals surface area contributed by atoms with Crippen molar-refractivity contribution in [3.05, 3.63) is 17.7 Å². The van der Waals surface area contributed by atoms with Crippen molar-refractivity contribution in [3.63, 3.8) is 0 Å². The Bertz CT molecular complexity index is 574. The molecule has 1 heterocycles. The maximum Gasteiger partial charge on any atom is 0.340 e. The fourth-order valence-corrected chi connectivity index (χ4v) is 2.37. The largest absolute Gasteiger partial charge is 0.469 e. The fourth-order valence-electron chi connectivity index (χ4n) is 2.37. The van der Waals surface area contributed by atoms with Crippen molar-refractivity contribution in [2.24, 2.45) is 0 Å². The SMILES string of the molecule is COC(=O)CCC1Nc2cc(C(=O)OC)c(N)cc2N1C. The summed E-state index contributed by atoms with van der Waals surface area (Å²) >= 11 is 0. The third-order valence-electron chi connectivity index (χ3n) is 3.59. The molecule has 7 heteroatoms. The van der Waals surface area contributed by atoms with E-state index in [0.717, 1.165) is 11.4 Å². The van der Waals surface area contributed by atoms with Gasteiger partial charge in [-0.15, -0.1) is 0 Å². The molecular formula is C14H19N3O4. The molecule has 0 radical (unpaired) electrons. The van der Waals surface area contributed by atoms with Gasteiger partial charge < -0.3 is 25.4 Å². The third-order valence-corrected chi connectivity index (χ3v) is 3.59.